The molecule has 1 heteroatoms. The molecule has 56 valence electrons. The van der Waals surface area contributed by atoms with Crippen molar-refractivity contribution in [1.82, 2.24) is 0 Å². The van der Waals surface area contributed by atoms with Crippen molar-refractivity contribution in [2.45, 2.75) is 27.2 Å². The molecule has 0 aromatic carbocycles. The molecule has 0 aliphatic heterocycles. The first-order valence-corrected chi connectivity index (χ1v) is 3.62. The minimum Gasteiger partial charge on any atom is -0.269 e. The molecule has 0 radical (unpaired) electrons. The summed E-state index contributed by atoms with van der Waals surface area (Å²) in [4.78, 5) is 3.99. The van der Waals surface area contributed by atoms with Gasteiger partial charge in [0.25, 0.3) is 0 Å². The van der Waals surface area contributed by atoms with E-state index in [9.17, 15) is 0 Å². The molecule has 10 heavy (non-hydrogen) atoms. The molecule has 0 aromatic rings. The van der Waals surface area contributed by atoms with E-state index in [0.29, 0.717) is 0 Å². The predicted molar refractivity (Wildman–Crippen MR) is 47.4 cm³/mol. The molecule has 0 unspecified atom stereocenters. The van der Waals surface area contributed by atoms with E-state index in [1.54, 1.807) is 6.21 Å². The van der Waals surface area contributed by atoms with Gasteiger partial charge in [0.05, 0.1) is 0 Å². The molecule has 1 nitrogen and oxygen atoms in total. The van der Waals surface area contributed by atoms with E-state index in [1.165, 1.54) is 5.57 Å². The van der Waals surface area contributed by atoms with Gasteiger partial charge in [0.15, 0.2) is 0 Å². The molecule has 0 atom stereocenters. The number of nitrogens with zero attached hydrogens (tertiary/aromatic N) is 1. The Hall–Kier alpha value is -0.850. The van der Waals surface area contributed by atoms with Crippen LogP contribution in [0.3, 0.4) is 0 Å². The molecule has 0 saturated heterocycles. The van der Waals surface area contributed by atoms with E-state index in [-0.39, 0.29) is 0 Å². The van der Waals surface area contributed by atoms with Crippen molar-refractivity contribution in [1.29, 1.82) is 0 Å². The van der Waals surface area contributed by atoms with Gasteiger partial charge in [-0.05, 0) is 25.8 Å². The van der Waals surface area contributed by atoms with Crippen LogP contribution in [0.4, 0.5) is 0 Å². The molecule has 0 bridgehead atoms. The van der Waals surface area contributed by atoms with Gasteiger partial charge in [-0.1, -0.05) is 19.1 Å². The van der Waals surface area contributed by atoms with Crippen LogP contribution in [0.2, 0.25) is 0 Å². The van der Waals surface area contributed by atoms with Gasteiger partial charge in [0.2, 0.25) is 0 Å². The molecule has 0 saturated carbocycles. The molecule has 0 spiro atoms. The lowest BCUT2D eigenvalue weighted by atomic mass is 10.3. The minimum atomic E-state index is 1.08. The molecular weight excluding hydrogens is 122 g/mol. The average Bonchev–Trinajstić information content (AvgIpc) is 1.97. The van der Waals surface area contributed by atoms with Gasteiger partial charge in [0, 0.05) is 12.4 Å². The van der Waals surface area contributed by atoms with Crippen molar-refractivity contribution in [2.24, 2.45) is 4.99 Å². The number of allylic oxidation sites excluding steroid dienone is 3. The number of hydrogen-bond acceptors (Lipinski definition) is 1. The summed E-state index contributed by atoms with van der Waals surface area (Å²) in [6.07, 6.45) is 8.92. The Morgan fingerprint density at radius 3 is 2.70 bits per heavy atom. The Balaban J connectivity index is 3.81. The zero-order chi connectivity index (χ0) is 7.82. The fourth-order valence-electron chi connectivity index (χ4n) is 0.539. The van der Waals surface area contributed by atoms with Crippen LogP contribution in [0, 0.1) is 0 Å². The van der Waals surface area contributed by atoms with E-state index in [4.69, 9.17) is 0 Å². The SMILES string of the molecule is CC=N/C=C(C)\C=C/CC. The second kappa shape index (κ2) is 6.27. The summed E-state index contributed by atoms with van der Waals surface area (Å²) in [5.74, 6) is 0. The van der Waals surface area contributed by atoms with Crippen LogP contribution in [0.1, 0.15) is 27.2 Å². The lowest BCUT2D eigenvalue weighted by molar-refractivity contribution is 1.21. The quantitative estimate of drug-likeness (QED) is 0.419. The van der Waals surface area contributed by atoms with Gasteiger partial charge < -0.3 is 0 Å². The summed E-state index contributed by atoms with van der Waals surface area (Å²) in [6, 6.07) is 0. The summed E-state index contributed by atoms with van der Waals surface area (Å²) < 4.78 is 0. The Labute approximate surface area is 63.2 Å². The maximum atomic E-state index is 3.99. The van der Waals surface area contributed by atoms with Gasteiger partial charge >= 0.3 is 0 Å². The van der Waals surface area contributed by atoms with E-state index in [1.807, 2.05) is 20.0 Å². The van der Waals surface area contributed by atoms with E-state index in [2.05, 4.69) is 24.1 Å². The minimum absolute atomic E-state index is 1.08. The van der Waals surface area contributed by atoms with Crippen molar-refractivity contribution >= 4 is 6.21 Å². The summed E-state index contributed by atoms with van der Waals surface area (Å²) in [5.41, 5.74) is 1.19. The first-order valence-electron chi connectivity index (χ1n) is 3.62. The zero-order valence-electron chi connectivity index (χ0n) is 6.96. The predicted octanol–water partition coefficient (Wildman–Crippen LogP) is 2.95. The molecule has 0 aliphatic rings. The van der Waals surface area contributed by atoms with Crippen LogP contribution in [0.15, 0.2) is 28.9 Å². The lowest BCUT2D eigenvalue weighted by Gasteiger charge is -1.85. The van der Waals surface area contributed by atoms with Crippen LogP contribution in [0.25, 0.3) is 0 Å². The molecular formula is C9H15N. The van der Waals surface area contributed by atoms with Gasteiger partial charge in [-0.15, -0.1) is 0 Å². The van der Waals surface area contributed by atoms with Crippen LogP contribution in [-0.2, 0) is 0 Å². The van der Waals surface area contributed by atoms with Crippen LogP contribution >= 0.6 is 0 Å². The normalized spacial score (nSPS) is 13.7. The van der Waals surface area contributed by atoms with Crippen molar-refractivity contribution in [3.63, 3.8) is 0 Å². The standard InChI is InChI=1S/C9H15N/c1-4-6-7-9(3)8-10-5-2/h5-8H,4H2,1-3H3/b7-6-,9-8-,10-5?. The third-order valence-corrected chi connectivity index (χ3v) is 1.04. The molecule has 0 heterocycles. The number of hydrogen-bond donors (Lipinski definition) is 0. The Morgan fingerprint density at radius 1 is 1.50 bits per heavy atom. The van der Waals surface area contributed by atoms with Gasteiger partial charge in [0.1, 0.15) is 0 Å². The Morgan fingerprint density at radius 2 is 2.20 bits per heavy atom. The number of aliphatic imine (C=N–C) groups is 1. The zero-order valence-corrected chi connectivity index (χ0v) is 6.96. The third-order valence-electron chi connectivity index (χ3n) is 1.04. The van der Waals surface area contributed by atoms with E-state index < -0.39 is 0 Å². The highest BCUT2D eigenvalue weighted by atomic mass is 14.7. The fraction of sp³-hybridized carbons (Fsp3) is 0.444. The second-order valence-electron chi connectivity index (χ2n) is 2.09. The first kappa shape index (κ1) is 9.15. The van der Waals surface area contributed by atoms with Crippen molar-refractivity contribution < 1.29 is 0 Å². The van der Waals surface area contributed by atoms with Gasteiger partial charge in [-0.25, -0.2) is 0 Å². The second-order valence-corrected chi connectivity index (χ2v) is 2.09. The lowest BCUT2D eigenvalue weighted by Crippen LogP contribution is -1.66. The maximum absolute atomic E-state index is 3.99. The first-order chi connectivity index (χ1) is 4.81. The third kappa shape index (κ3) is 5.29. The fourth-order valence-corrected chi connectivity index (χ4v) is 0.539. The maximum Gasteiger partial charge on any atom is 0.0292 e. The van der Waals surface area contributed by atoms with Crippen LogP contribution in [-0.4, -0.2) is 6.21 Å². The molecule has 0 amide bonds. The van der Waals surface area contributed by atoms with Crippen molar-refractivity contribution in [3.05, 3.63) is 23.9 Å². The van der Waals surface area contributed by atoms with Crippen LogP contribution in [0.5, 0.6) is 0 Å². The average molecular weight is 137 g/mol. The molecule has 0 aliphatic carbocycles. The van der Waals surface area contributed by atoms with Gasteiger partial charge in [-0.2, -0.15) is 0 Å². The van der Waals surface area contributed by atoms with E-state index in [0.717, 1.165) is 6.42 Å². The Kier molecular flexibility index (Phi) is 5.74. The van der Waals surface area contributed by atoms with Gasteiger partial charge in [-0.3, -0.25) is 4.99 Å². The monoisotopic (exact) mass is 137 g/mol. The van der Waals surface area contributed by atoms with Crippen LogP contribution < -0.4 is 0 Å². The summed E-state index contributed by atoms with van der Waals surface area (Å²) in [7, 11) is 0. The topological polar surface area (TPSA) is 12.4 Å². The van der Waals surface area contributed by atoms with Crippen molar-refractivity contribution in [2.75, 3.05) is 0 Å². The summed E-state index contributed by atoms with van der Waals surface area (Å²) in [6.45, 7) is 6.07. The largest absolute Gasteiger partial charge is 0.269 e. The van der Waals surface area contributed by atoms with E-state index >= 15 is 0 Å². The summed E-state index contributed by atoms with van der Waals surface area (Å²) in [5, 5.41) is 0. The number of rotatable bonds is 3. The molecule has 0 aromatic heterocycles. The molecule has 0 rings (SSSR count). The Bertz CT molecular complexity index is 152. The summed E-state index contributed by atoms with van der Waals surface area (Å²) >= 11 is 0. The highest BCUT2D eigenvalue weighted by molar-refractivity contribution is 5.54. The highest BCUT2D eigenvalue weighted by Gasteiger charge is 1.75. The smallest absolute Gasteiger partial charge is 0.0292 e. The molecule has 0 N–H and O–H groups in total. The molecule has 0 fully saturated rings. The van der Waals surface area contributed by atoms with Crippen molar-refractivity contribution in [3.8, 4) is 0 Å². The highest BCUT2D eigenvalue weighted by Crippen LogP contribution is 1.95.